The van der Waals surface area contributed by atoms with Crippen LogP contribution in [-0.2, 0) is 6.54 Å². The molecule has 8 heteroatoms. The molecule has 3 aromatic rings. The number of halogens is 2. The third kappa shape index (κ3) is 4.59. The molecule has 0 unspecified atom stereocenters. The Hall–Kier alpha value is -2.44. The molecule has 136 valence electrons. The van der Waals surface area contributed by atoms with Crippen molar-refractivity contribution in [3.63, 3.8) is 0 Å². The van der Waals surface area contributed by atoms with Gasteiger partial charge in [-0.25, -0.2) is 4.79 Å². The maximum absolute atomic E-state index is 12.1. The Morgan fingerprint density at radius 2 is 1.88 bits per heavy atom. The first kappa shape index (κ1) is 18.4. The fraction of sp³-hybridized carbons (Fsp3) is 0.222. The molecule has 0 spiro atoms. The Morgan fingerprint density at radius 3 is 2.50 bits per heavy atom. The summed E-state index contributed by atoms with van der Waals surface area (Å²) in [4.78, 5) is 22.7. The van der Waals surface area contributed by atoms with E-state index in [9.17, 15) is 9.59 Å². The normalized spacial score (nSPS) is 12.4. The predicted octanol–water partition coefficient (Wildman–Crippen LogP) is 4.94. The second kappa shape index (κ2) is 7.85. The lowest BCUT2D eigenvalue weighted by Gasteiger charge is -2.08. The maximum Gasteiger partial charge on any atom is 0.409 e. The summed E-state index contributed by atoms with van der Waals surface area (Å²) in [6.07, 6.45) is 3.31. The molecular formula is C18H17Cl2N3O3. The predicted molar refractivity (Wildman–Crippen MR) is 104 cm³/mol. The summed E-state index contributed by atoms with van der Waals surface area (Å²) in [6, 6.07) is 9.89. The molecule has 1 fully saturated rings. The van der Waals surface area contributed by atoms with Crippen LogP contribution >= 0.6 is 23.2 Å². The number of aromatic amines is 1. The van der Waals surface area contributed by atoms with E-state index in [1.54, 1.807) is 35.0 Å². The van der Waals surface area contributed by atoms with Crippen LogP contribution in [0.1, 0.15) is 24.8 Å². The van der Waals surface area contributed by atoms with E-state index in [0.29, 0.717) is 33.2 Å². The van der Waals surface area contributed by atoms with E-state index in [1.807, 2.05) is 0 Å². The monoisotopic (exact) mass is 393 g/mol. The molecule has 1 aliphatic rings. The number of carboxylic acid groups (broad SMARTS) is 1. The third-order valence-corrected chi connectivity index (χ3v) is 4.30. The Bertz CT molecular complexity index is 1010. The van der Waals surface area contributed by atoms with Crippen molar-refractivity contribution in [3.8, 4) is 0 Å². The second-order valence-corrected chi connectivity index (χ2v) is 6.83. The number of hydrogen-bond acceptors (Lipinski definition) is 2. The topological polar surface area (TPSA) is 87.1 Å². The molecule has 6 nitrogen and oxygen atoms in total. The van der Waals surface area contributed by atoms with Gasteiger partial charge in [-0.1, -0.05) is 48.5 Å². The molecule has 1 aliphatic carbocycles. The Balaban J connectivity index is 0.000000592. The van der Waals surface area contributed by atoms with Crippen molar-refractivity contribution in [2.75, 3.05) is 5.32 Å². The summed E-state index contributed by atoms with van der Waals surface area (Å²) >= 11 is 12.0. The van der Waals surface area contributed by atoms with Gasteiger partial charge in [0, 0.05) is 15.7 Å². The number of fused-ring (bicyclic) bond motifs is 1. The van der Waals surface area contributed by atoms with Crippen LogP contribution in [0, 0.1) is 0 Å². The minimum Gasteiger partial charge on any atom is -0.465 e. The summed E-state index contributed by atoms with van der Waals surface area (Å²) in [6.45, 7) is 0.362. The number of amides is 1. The summed E-state index contributed by atoms with van der Waals surface area (Å²) in [5.41, 5.74) is 1.48. The molecule has 3 N–H and O–H groups in total. The van der Waals surface area contributed by atoms with Crippen LogP contribution in [0.25, 0.3) is 10.9 Å². The lowest BCUT2D eigenvalue weighted by atomic mass is 10.2. The molecule has 1 amide bonds. The van der Waals surface area contributed by atoms with Gasteiger partial charge in [-0.15, -0.1) is 0 Å². The van der Waals surface area contributed by atoms with Crippen molar-refractivity contribution >= 4 is 45.9 Å². The number of H-pyrrole nitrogens is 1. The van der Waals surface area contributed by atoms with Crippen LogP contribution in [0.2, 0.25) is 10.0 Å². The first-order valence-electron chi connectivity index (χ1n) is 8.10. The molecule has 0 radical (unpaired) electrons. The lowest BCUT2D eigenvalue weighted by molar-refractivity contribution is 0.210. The largest absolute Gasteiger partial charge is 0.465 e. The van der Waals surface area contributed by atoms with E-state index in [0.717, 1.165) is 5.56 Å². The molecule has 0 aliphatic heterocycles. The number of hydrogen-bond donors (Lipinski definition) is 3. The Labute approximate surface area is 159 Å². The van der Waals surface area contributed by atoms with Crippen LogP contribution in [0.3, 0.4) is 0 Å². The fourth-order valence-electron chi connectivity index (χ4n) is 2.34. The molecule has 1 saturated carbocycles. The number of anilines is 1. The minimum absolute atomic E-state index is 0.306. The van der Waals surface area contributed by atoms with E-state index in [1.165, 1.54) is 25.3 Å². The molecule has 0 atom stereocenters. The molecule has 2 aromatic carbocycles. The van der Waals surface area contributed by atoms with Crippen molar-refractivity contribution in [1.82, 2.24) is 9.78 Å². The Morgan fingerprint density at radius 1 is 1.15 bits per heavy atom. The van der Waals surface area contributed by atoms with Gasteiger partial charge in [0.2, 0.25) is 0 Å². The van der Waals surface area contributed by atoms with E-state index < -0.39 is 6.09 Å². The van der Waals surface area contributed by atoms with Gasteiger partial charge < -0.3 is 5.11 Å². The molecule has 0 bridgehead atoms. The number of nitrogens with one attached hydrogen (secondary N) is 2. The molecule has 4 rings (SSSR count). The van der Waals surface area contributed by atoms with Crippen LogP contribution in [0.4, 0.5) is 10.5 Å². The number of benzene rings is 2. The zero-order chi connectivity index (χ0) is 18.7. The lowest BCUT2D eigenvalue weighted by Crippen LogP contribution is -2.07. The van der Waals surface area contributed by atoms with E-state index >= 15 is 0 Å². The average Bonchev–Trinajstić information content (AvgIpc) is 3.42. The summed E-state index contributed by atoms with van der Waals surface area (Å²) < 4.78 is 1.65. The van der Waals surface area contributed by atoms with E-state index in [4.69, 9.17) is 28.3 Å². The van der Waals surface area contributed by atoms with Gasteiger partial charge in [-0.05, 0) is 35.9 Å². The first-order chi connectivity index (χ1) is 12.4. The zero-order valence-corrected chi connectivity index (χ0v) is 15.3. The maximum atomic E-state index is 12.1. The summed E-state index contributed by atoms with van der Waals surface area (Å²) in [7, 11) is 0. The highest BCUT2D eigenvalue weighted by molar-refractivity contribution is 6.35. The van der Waals surface area contributed by atoms with Crippen LogP contribution in [-0.4, -0.2) is 21.0 Å². The van der Waals surface area contributed by atoms with Gasteiger partial charge in [-0.2, -0.15) is 0 Å². The van der Waals surface area contributed by atoms with Crippen LogP contribution in [0.5, 0.6) is 0 Å². The smallest absolute Gasteiger partial charge is 0.409 e. The van der Waals surface area contributed by atoms with Gasteiger partial charge in [0.1, 0.15) is 0 Å². The quantitative estimate of drug-likeness (QED) is 0.588. The highest BCUT2D eigenvalue weighted by Gasteiger charge is 2.10. The molecule has 26 heavy (non-hydrogen) atoms. The van der Waals surface area contributed by atoms with Crippen molar-refractivity contribution in [3.05, 3.63) is 62.4 Å². The first-order valence-corrected chi connectivity index (χ1v) is 8.86. The van der Waals surface area contributed by atoms with Crippen molar-refractivity contribution < 1.29 is 9.90 Å². The number of nitrogens with zero attached hydrogens (tertiary/aromatic N) is 1. The standard InChI is InChI=1S/C15H11Cl2N3O3.C3H6/c16-9-2-1-8(12(17)5-9)7-20-13-4-3-10(18-15(22)23)6-11(13)14(21)19-20;1-2-3-1/h1-6,18H,7H2,(H,19,21)(H,22,23);1-3H2. The average molecular weight is 394 g/mol. The fourth-order valence-corrected chi connectivity index (χ4v) is 2.81. The van der Waals surface area contributed by atoms with Crippen molar-refractivity contribution in [1.29, 1.82) is 0 Å². The van der Waals surface area contributed by atoms with Gasteiger partial charge in [-0.3, -0.25) is 19.9 Å². The SMILES string of the molecule is C1CC1.O=C(O)Nc1ccc2c(c1)c(=O)[nH]n2Cc1ccc(Cl)cc1Cl. The second-order valence-electron chi connectivity index (χ2n) is 5.99. The third-order valence-electron chi connectivity index (χ3n) is 3.72. The van der Waals surface area contributed by atoms with Crippen LogP contribution < -0.4 is 10.9 Å². The molecule has 1 aromatic heterocycles. The van der Waals surface area contributed by atoms with Crippen molar-refractivity contribution in [2.24, 2.45) is 0 Å². The highest BCUT2D eigenvalue weighted by Crippen LogP contribution is 2.23. The molecular weight excluding hydrogens is 377 g/mol. The molecule has 1 heterocycles. The van der Waals surface area contributed by atoms with Gasteiger partial charge in [0.05, 0.1) is 17.4 Å². The van der Waals surface area contributed by atoms with Crippen molar-refractivity contribution in [2.45, 2.75) is 25.8 Å². The summed E-state index contributed by atoms with van der Waals surface area (Å²) in [5.74, 6) is 0. The van der Waals surface area contributed by atoms with Gasteiger partial charge >= 0.3 is 6.09 Å². The van der Waals surface area contributed by atoms with Crippen LogP contribution in [0.15, 0.2) is 41.2 Å². The number of carbonyl (C=O) groups is 1. The summed E-state index contributed by atoms with van der Waals surface area (Å²) in [5, 5.41) is 15.1. The van der Waals surface area contributed by atoms with E-state index in [2.05, 4.69) is 10.4 Å². The van der Waals surface area contributed by atoms with E-state index in [-0.39, 0.29) is 5.56 Å². The van der Waals surface area contributed by atoms with Gasteiger partial charge in [0.15, 0.2) is 0 Å². The minimum atomic E-state index is -1.19. The Kier molecular flexibility index (Phi) is 5.54. The number of aromatic nitrogens is 2. The van der Waals surface area contributed by atoms with Gasteiger partial charge in [0.25, 0.3) is 5.56 Å². The number of rotatable bonds is 3. The molecule has 0 saturated heterocycles. The zero-order valence-electron chi connectivity index (χ0n) is 13.8. The highest BCUT2D eigenvalue weighted by atomic mass is 35.5.